The Bertz CT molecular complexity index is 354. The molecular weight excluding hydrogens is 228 g/mol. The van der Waals surface area contributed by atoms with E-state index in [0.29, 0.717) is 29.4 Å². The van der Waals surface area contributed by atoms with Gasteiger partial charge in [-0.25, -0.2) is 4.98 Å². The number of nitrogens with zero attached hydrogens (tertiary/aromatic N) is 2. The molecule has 0 N–H and O–H groups in total. The molecule has 0 saturated carbocycles. The van der Waals surface area contributed by atoms with Crippen molar-refractivity contribution in [3.8, 4) is 5.88 Å². The molecule has 1 saturated heterocycles. The highest BCUT2D eigenvalue weighted by molar-refractivity contribution is 6.29. The standard InChI is InChI=1S/C11H15ClN2O2/c1-2-10-13-9(12)5-11(14-10)16-7-8-3-4-15-6-8/h5,8H,2-4,6-7H2,1H3. The van der Waals surface area contributed by atoms with E-state index in [-0.39, 0.29) is 0 Å². The third kappa shape index (κ3) is 3.06. The van der Waals surface area contributed by atoms with E-state index in [1.165, 1.54) is 0 Å². The Labute approximate surface area is 99.9 Å². The van der Waals surface area contributed by atoms with E-state index in [4.69, 9.17) is 21.1 Å². The molecule has 4 nitrogen and oxygen atoms in total. The zero-order chi connectivity index (χ0) is 11.4. The number of hydrogen-bond donors (Lipinski definition) is 0. The van der Waals surface area contributed by atoms with Crippen molar-refractivity contribution in [3.05, 3.63) is 17.0 Å². The second-order valence-electron chi connectivity index (χ2n) is 3.84. The van der Waals surface area contributed by atoms with Gasteiger partial charge in [0.1, 0.15) is 11.0 Å². The fourth-order valence-electron chi connectivity index (χ4n) is 1.59. The summed E-state index contributed by atoms with van der Waals surface area (Å²) in [6.07, 6.45) is 1.81. The first-order chi connectivity index (χ1) is 7.78. The molecule has 88 valence electrons. The predicted octanol–water partition coefficient (Wildman–Crippen LogP) is 2.11. The normalized spacial score (nSPS) is 20.0. The lowest BCUT2D eigenvalue weighted by atomic mass is 10.1. The molecule has 1 aliphatic rings. The molecule has 16 heavy (non-hydrogen) atoms. The summed E-state index contributed by atoms with van der Waals surface area (Å²) in [5.41, 5.74) is 0. The van der Waals surface area contributed by atoms with Crippen LogP contribution < -0.4 is 4.74 Å². The molecule has 5 heteroatoms. The van der Waals surface area contributed by atoms with Crippen molar-refractivity contribution in [2.75, 3.05) is 19.8 Å². The van der Waals surface area contributed by atoms with Crippen LogP contribution >= 0.6 is 11.6 Å². The lowest BCUT2D eigenvalue weighted by Crippen LogP contribution is -2.12. The summed E-state index contributed by atoms with van der Waals surface area (Å²) in [7, 11) is 0. The first kappa shape index (κ1) is 11.6. The Kier molecular flexibility index (Phi) is 3.96. The molecule has 1 fully saturated rings. The Hall–Kier alpha value is -0.870. The largest absolute Gasteiger partial charge is 0.477 e. The maximum atomic E-state index is 5.87. The predicted molar refractivity (Wildman–Crippen MR) is 60.8 cm³/mol. The van der Waals surface area contributed by atoms with Crippen LogP contribution in [0.5, 0.6) is 5.88 Å². The zero-order valence-electron chi connectivity index (χ0n) is 9.28. The molecule has 2 rings (SSSR count). The van der Waals surface area contributed by atoms with Crippen LogP contribution in [0.25, 0.3) is 0 Å². The lowest BCUT2D eigenvalue weighted by molar-refractivity contribution is 0.165. The molecule has 1 aliphatic heterocycles. The van der Waals surface area contributed by atoms with Gasteiger partial charge in [-0.3, -0.25) is 0 Å². The van der Waals surface area contributed by atoms with Crippen LogP contribution in [0.15, 0.2) is 6.07 Å². The fraction of sp³-hybridized carbons (Fsp3) is 0.636. The molecule has 0 bridgehead atoms. The summed E-state index contributed by atoms with van der Waals surface area (Å²) in [5, 5.41) is 0.435. The summed E-state index contributed by atoms with van der Waals surface area (Å²) >= 11 is 5.87. The molecule has 1 aromatic rings. The molecule has 1 unspecified atom stereocenters. The number of ether oxygens (including phenoxy) is 2. The van der Waals surface area contributed by atoms with Gasteiger partial charge >= 0.3 is 0 Å². The molecule has 0 aromatic carbocycles. The van der Waals surface area contributed by atoms with Crippen LogP contribution in [-0.2, 0) is 11.2 Å². The monoisotopic (exact) mass is 242 g/mol. The number of aromatic nitrogens is 2. The van der Waals surface area contributed by atoms with Crippen LogP contribution in [-0.4, -0.2) is 29.8 Å². The van der Waals surface area contributed by atoms with Crippen molar-refractivity contribution >= 4 is 11.6 Å². The minimum Gasteiger partial charge on any atom is -0.477 e. The third-order valence-corrected chi connectivity index (χ3v) is 2.72. The summed E-state index contributed by atoms with van der Waals surface area (Å²) in [6, 6.07) is 1.65. The average Bonchev–Trinajstić information content (AvgIpc) is 2.78. The van der Waals surface area contributed by atoms with Crippen molar-refractivity contribution in [3.63, 3.8) is 0 Å². The van der Waals surface area contributed by atoms with Gasteiger partial charge in [-0.05, 0) is 6.42 Å². The minimum atomic E-state index is 0.435. The highest BCUT2D eigenvalue weighted by Crippen LogP contribution is 2.17. The summed E-state index contributed by atoms with van der Waals surface area (Å²) in [6.45, 7) is 4.23. The van der Waals surface area contributed by atoms with Crippen molar-refractivity contribution in [1.29, 1.82) is 0 Å². The second kappa shape index (κ2) is 5.46. The average molecular weight is 243 g/mol. The molecule has 0 spiro atoms. The van der Waals surface area contributed by atoms with Gasteiger partial charge in [-0.2, -0.15) is 4.98 Å². The summed E-state index contributed by atoms with van der Waals surface area (Å²) in [5.74, 6) is 1.74. The fourth-order valence-corrected chi connectivity index (χ4v) is 1.78. The highest BCUT2D eigenvalue weighted by atomic mass is 35.5. The summed E-state index contributed by atoms with van der Waals surface area (Å²) in [4.78, 5) is 8.34. The Morgan fingerprint density at radius 1 is 1.56 bits per heavy atom. The topological polar surface area (TPSA) is 44.2 Å². The third-order valence-electron chi connectivity index (χ3n) is 2.52. The number of halogens is 1. The van der Waals surface area contributed by atoms with E-state index in [0.717, 1.165) is 26.1 Å². The number of rotatable bonds is 4. The van der Waals surface area contributed by atoms with Crippen molar-refractivity contribution < 1.29 is 9.47 Å². The summed E-state index contributed by atoms with van der Waals surface area (Å²) < 4.78 is 10.9. The van der Waals surface area contributed by atoms with Crippen LogP contribution in [0, 0.1) is 5.92 Å². The Morgan fingerprint density at radius 2 is 2.44 bits per heavy atom. The van der Waals surface area contributed by atoms with Crippen molar-refractivity contribution in [2.24, 2.45) is 5.92 Å². The first-order valence-corrected chi connectivity index (χ1v) is 5.89. The first-order valence-electron chi connectivity index (χ1n) is 5.52. The second-order valence-corrected chi connectivity index (χ2v) is 4.23. The molecule has 2 heterocycles. The quantitative estimate of drug-likeness (QED) is 0.759. The minimum absolute atomic E-state index is 0.435. The van der Waals surface area contributed by atoms with Crippen LogP contribution in [0.2, 0.25) is 5.15 Å². The molecule has 1 aromatic heterocycles. The van der Waals surface area contributed by atoms with Gasteiger partial charge in [0, 0.05) is 25.0 Å². The highest BCUT2D eigenvalue weighted by Gasteiger charge is 2.16. The van der Waals surface area contributed by atoms with Crippen molar-refractivity contribution in [1.82, 2.24) is 9.97 Å². The molecular formula is C11H15ClN2O2. The van der Waals surface area contributed by atoms with Gasteiger partial charge in [0.25, 0.3) is 0 Å². The maximum Gasteiger partial charge on any atom is 0.218 e. The maximum absolute atomic E-state index is 5.87. The van der Waals surface area contributed by atoms with Crippen LogP contribution in [0.1, 0.15) is 19.2 Å². The Morgan fingerprint density at radius 3 is 3.12 bits per heavy atom. The molecule has 1 atom stereocenters. The van der Waals surface area contributed by atoms with Gasteiger partial charge in [0.2, 0.25) is 5.88 Å². The van der Waals surface area contributed by atoms with E-state index in [1.54, 1.807) is 6.07 Å². The van der Waals surface area contributed by atoms with E-state index >= 15 is 0 Å². The van der Waals surface area contributed by atoms with E-state index in [9.17, 15) is 0 Å². The van der Waals surface area contributed by atoms with Gasteiger partial charge < -0.3 is 9.47 Å². The van der Waals surface area contributed by atoms with E-state index in [2.05, 4.69) is 9.97 Å². The van der Waals surface area contributed by atoms with Gasteiger partial charge in [-0.15, -0.1) is 0 Å². The number of aryl methyl sites for hydroxylation is 1. The molecule has 0 amide bonds. The lowest BCUT2D eigenvalue weighted by Gasteiger charge is -2.10. The van der Waals surface area contributed by atoms with Crippen LogP contribution in [0.4, 0.5) is 0 Å². The molecule has 0 radical (unpaired) electrons. The van der Waals surface area contributed by atoms with Gasteiger partial charge in [0.05, 0.1) is 13.2 Å². The smallest absolute Gasteiger partial charge is 0.218 e. The van der Waals surface area contributed by atoms with Gasteiger partial charge in [-0.1, -0.05) is 18.5 Å². The zero-order valence-corrected chi connectivity index (χ0v) is 10.0. The Balaban J connectivity index is 1.94. The van der Waals surface area contributed by atoms with Gasteiger partial charge in [0.15, 0.2) is 0 Å². The SMILES string of the molecule is CCc1nc(Cl)cc(OCC2CCOC2)n1. The van der Waals surface area contributed by atoms with E-state index in [1.807, 2.05) is 6.92 Å². The van der Waals surface area contributed by atoms with Crippen molar-refractivity contribution in [2.45, 2.75) is 19.8 Å². The number of hydrogen-bond acceptors (Lipinski definition) is 4. The van der Waals surface area contributed by atoms with Crippen LogP contribution in [0.3, 0.4) is 0 Å². The van der Waals surface area contributed by atoms with E-state index < -0.39 is 0 Å². The molecule has 0 aliphatic carbocycles.